The van der Waals surface area contributed by atoms with E-state index in [-0.39, 0.29) is 11.7 Å². The summed E-state index contributed by atoms with van der Waals surface area (Å²) in [5.41, 5.74) is 5.95. The van der Waals surface area contributed by atoms with Crippen LogP contribution in [0.2, 0.25) is 0 Å². The molecular weight excluding hydrogens is 256 g/mol. The second-order valence-corrected chi connectivity index (χ2v) is 4.63. The normalized spacial score (nSPS) is 11.8. The van der Waals surface area contributed by atoms with Crippen molar-refractivity contribution in [3.8, 4) is 5.75 Å². The first-order valence-electron chi connectivity index (χ1n) is 6.80. The molecule has 0 fully saturated rings. The quantitative estimate of drug-likeness (QED) is 0.558. The molecule has 20 heavy (non-hydrogen) atoms. The Balaban J connectivity index is 2.48. The van der Waals surface area contributed by atoms with Gasteiger partial charge in [-0.3, -0.25) is 9.59 Å². The molecule has 0 aliphatic carbocycles. The molecule has 110 valence electrons. The average Bonchev–Trinajstić information content (AvgIpc) is 2.43. The van der Waals surface area contributed by atoms with Gasteiger partial charge in [0.05, 0.1) is 0 Å². The number of carbonyl (C=O) groups is 2. The fraction of sp³-hybridized carbons (Fsp3) is 0.467. The number of hydrogen-bond donors (Lipinski definition) is 2. The Morgan fingerprint density at radius 1 is 1.35 bits per heavy atom. The van der Waals surface area contributed by atoms with E-state index in [0.29, 0.717) is 24.4 Å². The number of nitrogens with one attached hydrogen (secondary N) is 1. The second-order valence-electron chi connectivity index (χ2n) is 4.63. The molecule has 1 rings (SSSR count). The van der Waals surface area contributed by atoms with Gasteiger partial charge in [-0.2, -0.15) is 0 Å². The molecular formula is C15H22N2O3. The third kappa shape index (κ3) is 5.40. The van der Waals surface area contributed by atoms with Gasteiger partial charge in [0.15, 0.2) is 11.9 Å². The Hall–Kier alpha value is -1.88. The summed E-state index contributed by atoms with van der Waals surface area (Å²) in [6, 6.07) is 6.82. The summed E-state index contributed by atoms with van der Waals surface area (Å²) in [7, 11) is 0. The molecule has 0 radical (unpaired) electrons. The first-order chi connectivity index (χ1) is 9.54. The lowest BCUT2D eigenvalue weighted by molar-refractivity contribution is -0.127. The summed E-state index contributed by atoms with van der Waals surface area (Å²) < 4.78 is 5.54. The van der Waals surface area contributed by atoms with Crippen LogP contribution in [0, 0.1) is 0 Å². The lowest BCUT2D eigenvalue weighted by Gasteiger charge is -2.15. The molecule has 0 bridgehead atoms. The number of amides is 1. The minimum Gasteiger partial charge on any atom is -0.481 e. The highest BCUT2D eigenvalue weighted by atomic mass is 16.5. The van der Waals surface area contributed by atoms with Crippen molar-refractivity contribution < 1.29 is 14.3 Å². The average molecular weight is 278 g/mol. The van der Waals surface area contributed by atoms with Gasteiger partial charge in [-0.1, -0.05) is 12.1 Å². The van der Waals surface area contributed by atoms with Crippen LogP contribution in [-0.2, 0) is 4.79 Å². The van der Waals surface area contributed by atoms with Crippen molar-refractivity contribution in [3.63, 3.8) is 0 Å². The topological polar surface area (TPSA) is 81.4 Å². The Morgan fingerprint density at radius 2 is 2.10 bits per heavy atom. The van der Waals surface area contributed by atoms with Gasteiger partial charge < -0.3 is 15.8 Å². The van der Waals surface area contributed by atoms with E-state index in [1.807, 2.05) is 0 Å². The molecule has 3 N–H and O–H groups in total. The number of ether oxygens (including phenoxy) is 1. The third-order valence-electron chi connectivity index (χ3n) is 2.85. The molecule has 5 nitrogen and oxygen atoms in total. The number of nitrogens with two attached hydrogens (primary N) is 1. The number of Topliss-reactive ketones (excluding diaryl/α,β-unsaturated/α-hetero) is 1. The standard InChI is InChI=1S/C15H22N2O3/c1-11(18)13-6-5-7-14(10-13)20-12(2)15(19)17-9-4-3-8-16/h5-7,10,12H,3-4,8-9,16H2,1-2H3,(H,17,19). The van der Waals surface area contributed by atoms with Crippen LogP contribution in [0.3, 0.4) is 0 Å². The lowest BCUT2D eigenvalue weighted by Crippen LogP contribution is -2.36. The molecule has 0 aliphatic heterocycles. The highest BCUT2D eigenvalue weighted by Gasteiger charge is 2.14. The molecule has 1 aromatic rings. The van der Waals surface area contributed by atoms with Crippen LogP contribution >= 0.6 is 0 Å². The van der Waals surface area contributed by atoms with E-state index in [2.05, 4.69) is 5.32 Å². The highest BCUT2D eigenvalue weighted by molar-refractivity contribution is 5.94. The molecule has 0 aromatic heterocycles. The Bertz CT molecular complexity index is 460. The van der Waals surface area contributed by atoms with Crippen molar-refractivity contribution >= 4 is 11.7 Å². The van der Waals surface area contributed by atoms with Crippen LogP contribution in [0.15, 0.2) is 24.3 Å². The van der Waals surface area contributed by atoms with Gasteiger partial charge in [0, 0.05) is 12.1 Å². The number of hydrogen-bond acceptors (Lipinski definition) is 4. The molecule has 0 saturated heterocycles. The summed E-state index contributed by atoms with van der Waals surface area (Å²) in [4.78, 5) is 23.1. The zero-order chi connectivity index (χ0) is 15.0. The van der Waals surface area contributed by atoms with Gasteiger partial charge in [-0.25, -0.2) is 0 Å². The number of benzene rings is 1. The zero-order valence-corrected chi connectivity index (χ0v) is 12.0. The van der Waals surface area contributed by atoms with Gasteiger partial charge in [0.2, 0.25) is 0 Å². The summed E-state index contributed by atoms with van der Waals surface area (Å²) in [6.45, 7) is 4.39. The number of rotatable bonds is 8. The number of unbranched alkanes of at least 4 members (excludes halogenated alkanes) is 1. The fourth-order valence-electron chi connectivity index (χ4n) is 1.67. The van der Waals surface area contributed by atoms with Crippen molar-refractivity contribution in [2.45, 2.75) is 32.8 Å². The van der Waals surface area contributed by atoms with E-state index in [0.717, 1.165) is 12.8 Å². The number of carbonyl (C=O) groups excluding carboxylic acids is 2. The van der Waals surface area contributed by atoms with Crippen molar-refractivity contribution in [2.24, 2.45) is 5.73 Å². The molecule has 0 saturated carbocycles. The Kier molecular flexibility index (Phi) is 6.73. The van der Waals surface area contributed by atoms with E-state index in [4.69, 9.17) is 10.5 Å². The monoisotopic (exact) mass is 278 g/mol. The first kappa shape index (κ1) is 16.2. The zero-order valence-electron chi connectivity index (χ0n) is 12.0. The Labute approximate surface area is 119 Å². The molecule has 1 amide bonds. The second kappa shape index (κ2) is 8.32. The SMILES string of the molecule is CC(=O)c1cccc(OC(C)C(=O)NCCCCN)c1. The van der Waals surface area contributed by atoms with Crippen LogP contribution in [0.25, 0.3) is 0 Å². The highest BCUT2D eigenvalue weighted by Crippen LogP contribution is 2.15. The summed E-state index contributed by atoms with van der Waals surface area (Å²) in [5, 5.41) is 2.79. The Morgan fingerprint density at radius 3 is 2.75 bits per heavy atom. The van der Waals surface area contributed by atoms with Crippen molar-refractivity contribution in [3.05, 3.63) is 29.8 Å². The van der Waals surface area contributed by atoms with Gasteiger partial charge >= 0.3 is 0 Å². The van der Waals surface area contributed by atoms with Crippen LogP contribution in [0.1, 0.15) is 37.0 Å². The smallest absolute Gasteiger partial charge is 0.260 e. The van der Waals surface area contributed by atoms with Gasteiger partial charge in [-0.15, -0.1) is 0 Å². The summed E-state index contributed by atoms with van der Waals surface area (Å²) >= 11 is 0. The predicted molar refractivity (Wildman–Crippen MR) is 77.8 cm³/mol. The van der Waals surface area contributed by atoms with Gasteiger partial charge in [0.1, 0.15) is 5.75 Å². The summed E-state index contributed by atoms with van der Waals surface area (Å²) in [6.07, 6.45) is 1.14. The largest absolute Gasteiger partial charge is 0.481 e. The van der Waals surface area contributed by atoms with Gasteiger partial charge in [-0.05, 0) is 45.4 Å². The lowest BCUT2D eigenvalue weighted by atomic mass is 10.1. The van der Waals surface area contributed by atoms with E-state index in [9.17, 15) is 9.59 Å². The summed E-state index contributed by atoms with van der Waals surface area (Å²) in [5.74, 6) is 0.312. The van der Waals surface area contributed by atoms with Crippen LogP contribution in [0.5, 0.6) is 5.75 Å². The van der Waals surface area contributed by atoms with E-state index in [1.54, 1.807) is 31.2 Å². The molecule has 5 heteroatoms. The molecule has 0 spiro atoms. The van der Waals surface area contributed by atoms with Crippen LogP contribution < -0.4 is 15.8 Å². The maximum Gasteiger partial charge on any atom is 0.260 e. The maximum absolute atomic E-state index is 11.8. The molecule has 1 aromatic carbocycles. The number of ketones is 1. The van der Waals surface area contributed by atoms with Gasteiger partial charge in [0.25, 0.3) is 5.91 Å². The van der Waals surface area contributed by atoms with E-state index >= 15 is 0 Å². The van der Waals surface area contributed by atoms with E-state index < -0.39 is 6.10 Å². The fourth-order valence-corrected chi connectivity index (χ4v) is 1.67. The molecule has 1 unspecified atom stereocenters. The van der Waals surface area contributed by atoms with Crippen LogP contribution in [-0.4, -0.2) is 30.9 Å². The molecule has 0 heterocycles. The van der Waals surface area contributed by atoms with Crippen molar-refractivity contribution in [1.29, 1.82) is 0 Å². The predicted octanol–water partition coefficient (Wildman–Crippen LogP) is 1.51. The van der Waals surface area contributed by atoms with Crippen molar-refractivity contribution in [2.75, 3.05) is 13.1 Å². The minimum absolute atomic E-state index is 0.0330. The van der Waals surface area contributed by atoms with Crippen LogP contribution in [0.4, 0.5) is 0 Å². The molecule has 1 atom stereocenters. The third-order valence-corrected chi connectivity index (χ3v) is 2.85. The first-order valence-corrected chi connectivity index (χ1v) is 6.80. The molecule has 0 aliphatic rings. The van der Waals surface area contributed by atoms with E-state index in [1.165, 1.54) is 6.92 Å². The van der Waals surface area contributed by atoms with Crippen molar-refractivity contribution in [1.82, 2.24) is 5.32 Å². The minimum atomic E-state index is -0.602. The maximum atomic E-state index is 11.8.